The topological polar surface area (TPSA) is 75.7 Å². The van der Waals surface area contributed by atoms with Crippen molar-refractivity contribution in [1.29, 1.82) is 0 Å². The summed E-state index contributed by atoms with van der Waals surface area (Å²) in [7, 11) is 1.29. The van der Waals surface area contributed by atoms with E-state index in [-0.39, 0.29) is 23.8 Å². The van der Waals surface area contributed by atoms with Gasteiger partial charge in [0, 0.05) is 23.5 Å². The maximum atomic E-state index is 12.7. The zero-order valence-corrected chi connectivity index (χ0v) is 15.9. The van der Waals surface area contributed by atoms with Crippen LogP contribution in [0.2, 0.25) is 0 Å². The summed E-state index contributed by atoms with van der Waals surface area (Å²) in [6.07, 6.45) is 2.12. The minimum Gasteiger partial charge on any atom is -0.465 e. The zero-order valence-electron chi connectivity index (χ0n) is 15.1. The highest BCUT2D eigenvalue weighted by Gasteiger charge is 2.35. The van der Waals surface area contributed by atoms with Gasteiger partial charge >= 0.3 is 5.97 Å². The number of ether oxygens (including phenoxy) is 1. The maximum absolute atomic E-state index is 12.7. The average molecular weight is 384 g/mol. The number of nitrogens with one attached hydrogen (secondary N) is 1. The van der Waals surface area contributed by atoms with Gasteiger partial charge in [0.1, 0.15) is 0 Å². The molecular formula is C20H20N2O4S. The van der Waals surface area contributed by atoms with Crippen LogP contribution in [0.3, 0.4) is 0 Å². The Hall–Kier alpha value is -2.80. The van der Waals surface area contributed by atoms with E-state index in [2.05, 4.69) is 5.32 Å². The molecule has 0 saturated carbocycles. The van der Waals surface area contributed by atoms with Gasteiger partial charge in [-0.25, -0.2) is 4.79 Å². The summed E-state index contributed by atoms with van der Waals surface area (Å²) in [5.41, 5.74) is 1.44. The Morgan fingerprint density at radius 1 is 1.15 bits per heavy atom. The van der Waals surface area contributed by atoms with Crippen LogP contribution >= 0.6 is 11.8 Å². The Morgan fingerprint density at radius 3 is 2.52 bits per heavy atom. The SMILES string of the molecule is COC(=O)c1ccccc1NC(=O)[C@@H]1CC(=O)N(c2ccc(SC)cc2)C1. The quantitative estimate of drug-likeness (QED) is 0.633. The molecule has 0 unspecified atom stereocenters. The number of carbonyl (C=O) groups is 3. The van der Waals surface area contributed by atoms with Gasteiger partial charge in [0.2, 0.25) is 11.8 Å². The lowest BCUT2D eigenvalue weighted by molar-refractivity contribution is -0.122. The van der Waals surface area contributed by atoms with Gasteiger partial charge in [-0.05, 0) is 42.7 Å². The molecular weight excluding hydrogens is 364 g/mol. The van der Waals surface area contributed by atoms with Gasteiger partial charge in [-0.1, -0.05) is 12.1 Å². The highest BCUT2D eigenvalue weighted by molar-refractivity contribution is 7.98. The monoisotopic (exact) mass is 384 g/mol. The first kappa shape index (κ1) is 19.0. The van der Waals surface area contributed by atoms with E-state index in [1.165, 1.54) is 7.11 Å². The molecule has 1 fully saturated rings. The first-order chi connectivity index (χ1) is 13.0. The molecule has 1 heterocycles. The Labute approximate surface area is 161 Å². The summed E-state index contributed by atoms with van der Waals surface area (Å²) in [5, 5.41) is 2.76. The van der Waals surface area contributed by atoms with Crippen LogP contribution in [0.4, 0.5) is 11.4 Å². The molecule has 0 bridgehead atoms. The van der Waals surface area contributed by atoms with E-state index < -0.39 is 11.9 Å². The molecule has 2 aromatic rings. The molecule has 140 valence electrons. The van der Waals surface area contributed by atoms with E-state index >= 15 is 0 Å². The summed E-state index contributed by atoms with van der Waals surface area (Å²) in [6.45, 7) is 0.309. The molecule has 1 atom stereocenters. The fourth-order valence-electron chi connectivity index (χ4n) is 3.01. The second kappa shape index (κ2) is 8.26. The van der Waals surface area contributed by atoms with Gasteiger partial charge < -0.3 is 15.0 Å². The predicted octanol–water partition coefficient (Wildman–Crippen LogP) is 3.19. The molecule has 27 heavy (non-hydrogen) atoms. The Kier molecular flexibility index (Phi) is 5.81. The molecule has 0 aromatic heterocycles. The van der Waals surface area contributed by atoms with Gasteiger partial charge in [0.15, 0.2) is 0 Å². The van der Waals surface area contributed by atoms with Crippen molar-refractivity contribution in [3.8, 4) is 0 Å². The second-order valence-electron chi connectivity index (χ2n) is 6.13. The zero-order chi connectivity index (χ0) is 19.4. The molecule has 1 saturated heterocycles. The molecule has 1 aliphatic heterocycles. The van der Waals surface area contributed by atoms with Crippen LogP contribution < -0.4 is 10.2 Å². The van der Waals surface area contributed by atoms with E-state index in [1.54, 1.807) is 40.9 Å². The molecule has 0 spiro atoms. The standard InChI is InChI=1S/C20H20N2O4S/c1-26-20(25)16-5-3-4-6-17(16)21-19(24)13-11-18(23)22(12-13)14-7-9-15(27-2)10-8-14/h3-10,13H,11-12H2,1-2H3,(H,21,24)/t13-/m1/s1. The lowest BCUT2D eigenvalue weighted by Gasteiger charge is -2.17. The number of anilines is 2. The minimum absolute atomic E-state index is 0.0895. The fourth-order valence-corrected chi connectivity index (χ4v) is 3.42. The van der Waals surface area contributed by atoms with E-state index in [0.717, 1.165) is 10.6 Å². The molecule has 6 nitrogen and oxygen atoms in total. The van der Waals surface area contributed by atoms with E-state index in [9.17, 15) is 14.4 Å². The third-order valence-corrected chi connectivity index (χ3v) is 5.21. The van der Waals surface area contributed by atoms with Crippen molar-refractivity contribution in [2.24, 2.45) is 5.92 Å². The van der Waals surface area contributed by atoms with Gasteiger partial charge in [0.05, 0.1) is 24.3 Å². The number of amides is 2. The summed E-state index contributed by atoms with van der Waals surface area (Å²) in [5.74, 6) is -1.39. The lowest BCUT2D eigenvalue weighted by Crippen LogP contribution is -2.28. The van der Waals surface area contributed by atoms with Crippen LogP contribution in [0.15, 0.2) is 53.4 Å². The van der Waals surface area contributed by atoms with E-state index in [4.69, 9.17) is 4.74 Å². The molecule has 0 radical (unpaired) electrons. The third kappa shape index (κ3) is 4.14. The fraction of sp³-hybridized carbons (Fsp3) is 0.250. The minimum atomic E-state index is -0.524. The molecule has 1 aliphatic rings. The number of hydrogen-bond acceptors (Lipinski definition) is 5. The number of methoxy groups -OCH3 is 1. The van der Waals surface area contributed by atoms with Crippen molar-refractivity contribution in [3.05, 3.63) is 54.1 Å². The number of thioether (sulfide) groups is 1. The Bertz CT molecular complexity index is 867. The van der Waals surface area contributed by atoms with Crippen LogP contribution in [0.1, 0.15) is 16.8 Å². The van der Waals surface area contributed by atoms with Crippen LogP contribution in [0, 0.1) is 5.92 Å². The number of rotatable bonds is 5. The van der Waals surface area contributed by atoms with Crippen molar-refractivity contribution in [3.63, 3.8) is 0 Å². The van der Waals surface area contributed by atoms with Crippen LogP contribution in [0.5, 0.6) is 0 Å². The number of esters is 1. The first-order valence-electron chi connectivity index (χ1n) is 8.46. The third-order valence-electron chi connectivity index (χ3n) is 4.47. The summed E-state index contributed by atoms with van der Waals surface area (Å²) in [6, 6.07) is 14.3. The van der Waals surface area contributed by atoms with Crippen molar-refractivity contribution in [2.75, 3.05) is 30.1 Å². The van der Waals surface area contributed by atoms with Gasteiger partial charge in [-0.2, -0.15) is 0 Å². The molecule has 7 heteroatoms. The first-order valence-corrected chi connectivity index (χ1v) is 9.68. The highest BCUT2D eigenvalue weighted by Crippen LogP contribution is 2.28. The maximum Gasteiger partial charge on any atom is 0.339 e. The number of para-hydroxylation sites is 1. The summed E-state index contributed by atoms with van der Waals surface area (Å²) >= 11 is 1.63. The lowest BCUT2D eigenvalue weighted by atomic mass is 10.1. The average Bonchev–Trinajstić information content (AvgIpc) is 3.09. The molecule has 0 aliphatic carbocycles. The largest absolute Gasteiger partial charge is 0.465 e. The van der Waals surface area contributed by atoms with E-state index in [1.807, 2.05) is 30.5 Å². The molecule has 2 amide bonds. The van der Waals surface area contributed by atoms with Crippen molar-refractivity contribution in [1.82, 2.24) is 0 Å². The number of benzene rings is 2. The molecule has 3 rings (SSSR count). The van der Waals surface area contributed by atoms with Crippen molar-refractivity contribution in [2.45, 2.75) is 11.3 Å². The Morgan fingerprint density at radius 2 is 1.85 bits per heavy atom. The molecule has 1 N–H and O–H groups in total. The normalized spacial score (nSPS) is 16.3. The summed E-state index contributed by atoms with van der Waals surface area (Å²) in [4.78, 5) is 39.6. The number of carbonyl (C=O) groups excluding carboxylic acids is 3. The number of nitrogens with zero attached hydrogens (tertiary/aromatic N) is 1. The summed E-state index contributed by atoms with van der Waals surface area (Å²) < 4.78 is 4.74. The van der Waals surface area contributed by atoms with Crippen LogP contribution in [-0.2, 0) is 14.3 Å². The number of hydrogen-bond donors (Lipinski definition) is 1. The smallest absolute Gasteiger partial charge is 0.339 e. The predicted molar refractivity (Wildman–Crippen MR) is 105 cm³/mol. The van der Waals surface area contributed by atoms with Crippen molar-refractivity contribution < 1.29 is 19.1 Å². The van der Waals surface area contributed by atoms with Gasteiger partial charge in [-0.3, -0.25) is 9.59 Å². The van der Waals surface area contributed by atoms with Gasteiger partial charge in [-0.15, -0.1) is 11.8 Å². The second-order valence-corrected chi connectivity index (χ2v) is 7.01. The van der Waals surface area contributed by atoms with Crippen LogP contribution in [0.25, 0.3) is 0 Å². The highest BCUT2D eigenvalue weighted by atomic mass is 32.2. The van der Waals surface area contributed by atoms with Crippen molar-refractivity contribution >= 4 is 40.9 Å². The molecule has 2 aromatic carbocycles. The Balaban J connectivity index is 1.72. The van der Waals surface area contributed by atoms with Gasteiger partial charge in [0.25, 0.3) is 0 Å². The van der Waals surface area contributed by atoms with Crippen LogP contribution in [-0.4, -0.2) is 37.7 Å². The van der Waals surface area contributed by atoms with E-state index in [0.29, 0.717) is 12.2 Å².